The summed E-state index contributed by atoms with van der Waals surface area (Å²) >= 11 is 2.48. The van der Waals surface area contributed by atoms with Gasteiger partial charge in [0.1, 0.15) is 0 Å². The molecule has 2 N–H and O–H groups in total. The van der Waals surface area contributed by atoms with Crippen molar-refractivity contribution in [1.29, 1.82) is 0 Å². The van der Waals surface area contributed by atoms with Crippen LogP contribution in [-0.4, -0.2) is 16.0 Å². The molecule has 4 heteroatoms. The van der Waals surface area contributed by atoms with Gasteiger partial charge in [-0.15, -0.1) is 0 Å². The molecule has 1 aromatic rings. The molecule has 2 bridgehead atoms. The number of carbonyl (C=O) groups is 1. The van der Waals surface area contributed by atoms with E-state index in [0.717, 1.165) is 11.6 Å². The maximum atomic E-state index is 11.9. The standard InChI is InChI=1S/C13H15IN2O/c14-11-8-6-9(7-8)12(11)16-13(17)15-10-4-2-1-3-5-10/h1-5,8-9,11-12H,6-7H2,(H2,15,16,17). The minimum absolute atomic E-state index is 0.0737. The Kier molecular flexibility index (Phi) is 2.98. The van der Waals surface area contributed by atoms with Crippen LogP contribution < -0.4 is 10.6 Å². The molecule has 3 aliphatic rings. The topological polar surface area (TPSA) is 41.1 Å². The SMILES string of the molecule is O=C(Nc1ccccc1)NC1C2CC(C2)C1I. The number of rotatable bonds is 2. The van der Waals surface area contributed by atoms with E-state index in [9.17, 15) is 4.79 Å². The first-order chi connectivity index (χ1) is 8.24. The molecule has 0 spiro atoms. The number of amides is 2. The van der Waals surface area contributed by atoms with Crippen molar-refractivity contribution >= 4 is 34.3 Å². The molecule has 0 aromatic heterocycles. The molecule has 3 fully saturated rings. The second kappa shape index (κ2) is 4.48. The lowest BCUT2D eigenvalue weighted by Crippen LogP contribution is -2.42. The highest BCUT2D eigenvalue weighted by atomic mass is 127. The molecule has 1 aromatic carbocycles. The second-order valence-corrected chi connectivity index (χ2v) is 6.36. The first-order valence-corrected chi connectivity index (χ1v) is 7.25. The third kappa shape index (κ3) is 2.14. The van der Waals surface area contributed by atoms with Gasteiger partial charge in [0.25, 0.3) is 0 Å². The predicted molar refractivity (Wildman–Crippen MR) is 76.4 cm³/mol. The molecule has 0 saturated heterocycles. The van der Waals surface area contributed by atoms with Gasteiger partial charge < -0.3 is 10.6 Å². The average molecular weight is 342 g/mol. The summed E-state index contributed by atoms with van der Waals surface area (Å²) in [6.45, 7) is 0. The van der Waals surface area contributed by atoms with Crippen LogP contribution in [0.25, 0.3) is 0 Å². The Balaban J connectivity index is 1.57. The van der Waals surface area contributed by atoms with E-state index in [0.29, 0.717) is 15.9 Å². The van der Waals surface area contributed by atoms with Gasteiger partial charge in [-0.05, 0) is 36.8 Å². The normalized spacial score (nSPS) is 33.9. The lowest BCUT2D eigenvalue weighted by molar-refractivity contribution is 0.241. The molecule has 17 heavy (non-hydrogen) atoms. The van der Waals surface area contributed by atoms with Crippen molar-refractivity contribution in [2.24, 2.45) is 11.8 Å². The van der Waals surface area contributed by atoms with Crippen molar-refractivity contribution in [2.45, 2.75) is 22.8 Å². The highest BCUT2D eigenvalue weighted by Crippen LogP contribution is 2.52. The van der Waals surface area contributed by atoms with E-state index in [1.165, 1.54) is 12.8 Å². The lowest BCUT2D eigenvalue weighted by Gasteiger charge is -2.24. The molecular formula is C13H15IN2O. The number of alkyl halides is 1. The average Bonchev–Trinajstić information content (AvgIpc) is 2.70. The summed E-state index contributed by atoms with van der Waals surface area (Å²) in [6, 6.07) is 9.87. The van der Waals surface area contributed by atoms with Crippen LogP contribution in [0.4, 0.5) is 10.5 Å². The maximum absolute atomic E-state index is 11.9. The number of anilines is 1. The highest BCUT2D eigenvalue weighted by molar-refractivity contribution is 14.1. The molecule has 3 saturated carbocycles. The first-order valence-electron chi connectivity index (χ1n) is 6.00. The summed E-state index contributed by atoms with van der Waals surface area (Å²) in [6.07, 6.45) is 2.59. The number of fused-ring (bicyclic) bond motifs is 1. The number of urea groups is 1. The fourth-order valence-corrected chi connectivity index (χ4v) is 4.21. The van der Waals surface area contributed by atoms with Crippen molar-refractivity contribution in [2.75, 3.05) is 5.32 Å². The molecule has 3 nitrogen and oxygen atoms in total. The van der Waals surface area contributed by atoms with E-state index in [-0.39, 0.29) is 6.03 Å². The third-order valence-electron chi connectivity index (χ3n) is 3.84. The van der Waals surface area contributed by atoms with E-state index >= 15 is 0 Å². The Morgan fingerprint density at radius 1 is 1.18 bits per heavy atom. The smallest absolute Gasteiger partial charge is 0.319 e. The van der Waals surface area contributed by atoms with Gasteiger partial charge in [-0.3, -0.25) is 0 Å². The third-order valence-corrected chi connectivity index (χ3v) is 5.63. The summed E-state index contributed by atoms with van der Waals surface area (Å²) in [5.74, 6) is 1.55. The molecule has 0 aliphatic heterocycles. The number of hydrogen-bond donors (Lipinski definition) is 2. The summed E-state index contributed by atoms with van der Waals surface area (Å²) in [5, 5.41) is 5.99. The summed E-state index contributed by atoms with van der Waals surface area (Å²) < 4.78 is 0.610. The van der Waals surface area contributed by atoms with Crippen LogP contribution in [-0.2, 0) is 0 Å². The molecule has 2 atom stereocenters. The Bertz CT molecular complexity index is 417. The Labute approximate surface area is 114 Å². The van der Waals surface area contributed by atoms with E-state index in [1.54, 1.807) is 0 Å². The van der Waals surface area contributed by atoms with Crippen molar-refractivity contribution in [3.05, 3.63) is 30.3 Å². The summed E-state index contributed by atoms with van der Waals surface area (Å²) in [4.78, 5) is 11.9. The van der Waals surface area contributed by atoms with Crippen LogP contribution in [0.1, 0.15) is 12.8 Å². The van der Waals surface area contributed by atoms with Gasteiger partial charge in [-0.2, -0.15) is 0 Å². The molecule has 2 unspecified atom stereocenters. The summed E-state index contributed by atoms with van der Waals surface area (Å²) in [7, 11) is 0. The van der Waals surface area contributed by atoms with E-state index < -0.39 is 0 Å². The minimum Gasteiger partial charge on any atom is -0.334 e. The number of carbonyl (C=O) groups excluding carboxylic acids is 1. The Morgan fingerprint density at radius 3 is 2.47 bits per heavy atom. The van der Waals surface area contributed by atoms with Crippen molar-refractivity contribution < 1.29 is 4.79 Å². The lowest BCUT2D eigenvalue weighted by atomic mass is 9.84. The van der Waals surface area contributed by atoms with Crippen LogP contribution in [0.3, 0.4) is 0 Å². The van der Waals surface area contributed by atoms with Gasteiger partial charge in [0, 0.05) is 15.7 Å². The quantitative estimate of drug-likeness (QED) is 0.630. The summed E-state index contributed by atoms with van der Waals surface area (Å²) in [5.41, 5.74) is 0.848. The van der Waals surface area contributed by atoms with Gasteiger partial charge in [0.2, 0.25) is 0 Å². The number of para-hydroxylation sites is 1. The fraction of sp³-hybridized carbons (Fsp3) is 0.462. The maximum Gasteiger partial charge on any atom is 0.319 e. The van der Waals surface area contributed by atoms with Crippen LogP contribution in [0.15, 0.2) is 30.3 Å². The second-order valence-electron chi connectivity index (χ2n) is 4.93. The predicted octanol–water partition coefficient (Wildman–Crippen LogP) is 3.02. The van der Waals surface area contributed by atoms with Crippen molar-refractivity contribution in [3.63, 3.8) is 0 Å². The minimum atomic E-state index is -0.0737. The molecule has 3 aliphatic carbocycles. The molecule has 90 valence electrons. The molecule has 4 rings (SSSR count). The number of halogens is 1. The van der Waals surface area contributed by atoms with Gasteiger partial charge in [-0.1, -0.05) is 40.8 Å². The number of hydrogen-bond acceptors (Lipinski definition) is 1. The highest BCUT2D eigenvalue weighted by Gasteiger charge is 2.51. The van der Waals surface area contributed by atoms with Crippen LogP contribution in [0.5, 0.6) is 0 Å². The molecule has 2 amide bonds. The van der Waals surface area contributed by atoms with Gasteiger partial charge in [0.15, 0.2) is 0 Å². The zero-order valence-electron chi connectivity index (χ0n) is 9.40. The van der Waals surface area contributed by atoms with Crippen molar-refractivity contribution in [1.82, 2.24) is 5.32 Å². The fourth-order valence-electron chi connectivity index (χ4n) is 2.85. The monoisotopic (exact) mass is 342 g/mol. The van der Waals surface area contributed by atoms with E-state index in [4.69, 9.17) is 0 Å². The molecule has 0 heterocycles. The largest absolute Gasteiger partial charge is 0.334 e. The number of nitrogens with one attached hydrogen (secondary N) is 2. The van der Waals surface area contributed by atoms with E-state index in [2.05, 4.69) is 33.2 Å². The Morgan fingerprint density at radius 2 is 1.88 bits per heavy atom. The van der Waals surface area contributed by atoms with Gasteiger partial charge >= 0.3 is 6.03 Å². The Hall–Kier alpha value is -0.780. The van der Waals surface area contributed by atoms with Crippen LogP contribution in [0, 0.1) is 11.8 Å². The zero-order valence-corrected chi connectivity index (χ0v) is 11.6. The zero-order chi connectivity index (χ0) is 11.8. The molecular weight excluding hydrogens is 327 g/mol. The van der Waals surface area contributed by atoms with Gasteiger partial charge in [-0.25, -0.2) is 4.79 Å². The number of benzene rings is 1. The van der Waals surface area contributed by atoms with E-state index in [1.807, 2.05) is 30.3 Å². The van der Waals surface area contributed by atoms with Crippen LogP contribution >= 0.6 is 22.6 Å². The first kappa shape index (κ1) is 11.3. The van der Waals surface area contributed by atoms with Crippen LogP contribution in [0.2, 0.25) is 0 Å². The van der Waals surface area contributed by atoms with Crippen molar-refractivity contribution in [3.8, 4) is 0 Å². The van der Waals surface area contributed by atoms with Gasteiger partial charge in [0.05, 0.1) is 0 Å². The molecule has 0 radical (unpaired) electrons.